The zero-order valence-corrected chi connectivity index (χ0v) is 14.2. The van der Waals surface area contributed by atoms with Gasteiger partial charge in [0.2, 0.25) is 0 Å². The summed E-state index contributed by atoms with van der Waals surface area (Å²) in [6.07, 6.45) is 3.59. The summed E-state index contributed by atoms with van der Waals surface area (Å²) in [5, 5.41) is 7.56. The van der Waals surface area contributed by atoms with Crippen LogP contribution in [0.15, 0.2) is 18.2 Å². The van der Waals surface area contributed by atoms with Crippen LogP contribution in [0.5, 0.6) is 0 Å². The van der Waals surface area contributed by atoms with E-state index in [1.807, 2.05) is 0 Å². The van der Waals surface area contributed by atoms with Crippen molar-refractivity contribution in [3.05, 3.63) is 29.3 Å². The topological polar surface area (TPSA) is 27.3 Å². The molecule has 1 saturated heterocycles. The van der Waals surface area contributed by atoms with E-state index in [4.69, 9.17) is 12.2 Å². The van der Waals surface area contributed by atoms with Gasteiger partial charge in [-0.3, -0.25) is 0 Å². The summed E-state index contributed by atoms with van der Waals surface area (Å²) in [4.78, 5) is 2.54. The molecule has 0 radical (unpaired) electrons. The first-order valence-corrected chi connectivity index (χ1v) is 8.36. The van der Waals surface area contributed by atoms with Gasteiger partial charge < -0.3 is 15.5 Å². The van der Waals surface area contributed by atoms with Gasteiger partial charge in [0.1, 0.15) is 0 Å². The zero-order valence-electron chi connectivity index (χ0n) is 13.4. The minimum Gasteiger partial charge on any atom is -0.360 e. The first kappa shape index (κ1) is 16.2. The maximum absolute atomic E-state index is 5.46. The predicted molar refractivity (Wildman–Crippen MR) is 95.0 cm³/mol. The lowest BCUT2D eigenvalue weighted by Crippen LogP contribution is -2.46. The van der Waals surface area contributed by atoms with E-state index < -0.39 is 0 Å². The molecule has 116 valence electrons. The maximum atomic E-state index is 5.46. The predicted octanol–water partition coefficient (Wildman–Crippen LogP) is 3.46. The van der Waals surface area contributed by atoms with E-state index >= 15 is 0 Å². The lowest BCUT2D eigenvalue weighted by Gasteiger charge is -2.32. The second-order valence-electron chi connectivity index (χ2n) is 6.03. The van der Waals surface area contributed by atoms with E-state index in [1.54, 1.807) is 0 Å². The molecule has 4 heteroatoms. The largest absolute Gasteiger partial charge is 0.360 e. The van der Waals surface area contributed by atoms with E-state index in [1.165, 1.54) is 50.0 Å². The monoisotopic (exact) mass is 305 g/mol. The first-order chi connectivity index (χ1) is 10.1. The maximum Gasteiger partial charge on any atom is 0.171 e. The number of piperidine rings is 1. The molecule has 21 heavy (non-hydrogen) atoms. The number of aryl methyl sites for hydroxylation is 2. The number of thiocarbonyl (C=S) groups is 1. The quantitative estimate of drug-likeness (QED) is 0.833. The van der Waals surface area contributed by atoms with E-state index in [2.05, 4.69) is 54.5 Å². The fraction of sp³-hybridized carbons (Fsp3) is 0.588. The van der Waals surface area contributed by atoms with Crippen molar-refractivity contribution in [3.63, 3.8) is 0 Å². The van der Waals surface area contributed by atoms with Crippen molar-refractivity contribution >= 4 is 23.0 Å². The molecule has 0 unspecified atom stereocenters. The lowest BCUT2D eigenvalue weighted by molar-refractivity contribution is 0.207. The summed E-state index contributed by atoms with van der Waals surface area (Å²) in [5.74, 6) is 0. The van der Waals surface area contributed by atoms with Crippen LogP contribution in [-0.4, -0.2) is 35.7 Å². The van der Waals surface area contributed by atoms with Crippen LogP contribution < -0.4 is 10.6 Å². The van der Waals surface area contributed by atoms with E-state index in [-0.39, 0.29) is 0 Å². The van der Waals surface area contributed by atoms with Crippen molar-refractivity contribution in [2.45, 2.75) is 46.1 Å². The molecule has 1 aliphatic heterocycles. The van der Waals surface area contributed by atoms with Crippen molar-refractivity contribution in [1.29, 1.82) is 0 Å². The first-order valence-electron chi connectivity index (χ1n) is 7.95. The second-order valence-corrected chi connectivity index (χ2v) is 6.44. The third-order valence-corrected chi connectivity index (χ3v) is 4.32. The summed E-state index contributed by atoms with van der Waals surface area (Å²) < 4.78 is 0. The van der Waals surface area contributed by atoms with Crippen molar-refractivity contribution in [1.82, 2.24) is 10.2 Å². The molecule has 0 saturated carbocycles. The molecule has 1 aromatic rings. The summed E-state index contributed by atoms with van der Waals surface area (Å²) >= 11 is 5.46. The minimum absolute atomic E-state index is 0.503. The van der Waals surface area contributed by atoms with Crippen LogP contribution in [-0.2, 0) is 0 Å². The molecule has 1 fully saturated rings. The molecule has 0 amide bonds. The molecule has 1 aromatic carbocycles. The van der Waals surface area contributed by atoms with Gasteiger partial charge in [-0.2, -0.15) is 0 Å². The third-order valence-electron chi connectivity index (χ3n) is 4.10. The molecular weight excluding hydrogens is 278 g/mol. The van der Waals surface area contributed by atoms with Crippen molar-refractivity contribution < 1.29 is 0 Å². The summed E-state index contributed by atoms with van der Waals surface area (Å²) in [7, 11) is 0. The normalized spacial score (nSPS) is 16.7. The molecule has 0 aromatic heterocycles. The average Bonchev–Trinajstić information content (AvgIpc) is 2.45. The summed E-state index contributed by atoms with van der Waals surface area (Å²) in [6.45, 7) is 10.0. The van der Waals surface area contributed by atoms with E-state index in [0.29, 0.717) is 6.04 Å². The number of nitrogens with one attached hydrogen (secondary N) is 2. The average molecular weight is 305 g/mol. The van der Waals surface area contributed by atoms with Crippen molar-refractivity contribution in [2.24, 2.45) is 0 Å². The van der Waals surface area contributed by atoms with Crippen LogP contribution >= 0.6 is 12.2 Å². The standard InChI is InChI=1S/C17H27N3S/c1-4-9-20-10-7-15(8-11-20)18-17(21)19-16-12-13(2)5-6-14(16)3/h5-6,12,15H,4,7-11H2,1-3H3,(H2,18,19,21). The van der Waals surface area contributed by atoms with Gasteiger partial charge in [-0.05, 0) is 69.1 Å². The number of benzene rings is 1. The molecule has 1 heterocycles. The molecule has 3 nitrogen and oxygen atoms in total. The number of rotatable bonds is 4. The van der Waals surface area contributed by atoms with Crippen molar-refractivity contribution in [2.75, 3.05) is 25.0 Å². The SMILES string of the molecule is CCCN1CCC(NC(=S)Nc2cc(C)ccc2C)CC1. The van der Waals surface area contributed by atoms with Gasteiger partial charge in [0, 0.05) is 24.8 Å². The molecule has 0 bridgehead atoms. The fourth-order valence-corrected chi connectivity index (χ4v) is 3.11. The Hall–Kier alpha value is -1.13. The van der Waals surface area contributed by atoms with Gasteiger partial charge >= 0.3 is 0 Å². The van der Waals surface area contributed by atoms with Crippen LogP contribution in [0, 0.1) is 13.8 Å². The van der Waals surface area contributed by atoms with Crippen LogP contribution in [0.1, 0.15) is 37.3 Å². The van der Waals surface area contributed by atoms with Gasteiger partial charge in [0.15, 0.2) is 5.11 Å². The molecule has 1 aliphatic rings. The molecule has 0 aliphatic carbocycles. The van der Waals surface area contributed by atoms with Crippen LogP contribution in [0.4, 0.5) is 5.69 Å². The minimum atomic E-state index is 0.503. The van der Waals surface area contributed by atoms with Crippen molar-refractivity contribution in [3.8, 4) is 0 Å². The number of nitrogens with zero attached hydrogens (tertiary/aromatic N) is 1. The number of anilines is 1. The smallest absolute Gasteiger partial charge is 0.171 e. The van der Waals surface area contributed by atoms with E-state index in [0.717, 1.165) is 10.8 Å². The highest BCUT2D eigenvalue weighted by molar-refractivity contribution is 7.80. The Morgan fingerprint density at radius 2 is 2.00 bits per heavy atom. The van der Waals surface area contributed by atoms with Crippen LogP contribution in [0.3, 0.4) is 0 Å². The van der Waals surface area contributed by atoms with Gasteiger partial charge in [-0.15, -0.1) is 0 Å². The Bertz CT molecular complexity index is 479. The Labute approximate surface area is 134 Å². The molecule has 2 rings (SSSR count). The second kappa shape index (κ2) is 7.76. The van der Waals surface area contributed by atoms with Gasteiger partial charge in [0.05, 0.1) is 0 Å². The molecule has 0 spiro atoms. The van der Waals surface area contributed by atoms with Gasteiger partial charge in [-0.25, -0.2) is 0 Å². The zero-order chi connectivity index (χ0) is 15.2. The lowest BCUT2D eigenvalue weighted by atomic mass is 10.1. The van der Waals surface area contributed by atoms with Crippen LogP contribution in [0.2, 0.25) is 0 Å². The molecule has 0 atom stereocenters. The molecular formula is C17H27N3S. The fourth-order valence-electron chi connectivity index (χ4n) is 2.83. The highest BCUT2D eigenvalue weighted by Crippen LogP contribution is 2.17. The Kier molecular flexibility index (Phi) is 6.00. The highest BCUT2D eigenvalue weighted by Gasteiger charge is 2.19. The number of likely N-dealkylation sites (tertiary alicyclic amines) is 1. The summed E-state index contributed by atoms with van der Waals surface area (Å²) in [6, 6.07) is 6.90. The Balaban J connectivity index is 1.81. The Morgan fingerprint density at radius 1 is 1.29 bits per heavy atom. The number of hydrogen-bond donors (Lipinski definition) is 2. The third kappa shape index (κ3) is 4.97. The van der Waals surface area contributed by atoms with Gasteiger partial charge in [0.25, 0.3) is 0 Å². The van der Waals surface area contributed by atoms with Crippen LogP contribution in [0.25, 0.3) is 0 Å². The molecule has 2 N–H and O–H groups in total. The Morgan fingerprint density at radius 3 is 2.67 bits per heavy atom. The van der Waals surface area contributed by atoms with Gasteiger partial charge in [-0.1, -0.05) is 19.1 Å². The number of hydrogen-bond acceptors (Lipinski definition) is 2. The van der Waals surface area contributed by atoms with E-state index in [9.17, 15) is 0 Å². The highest BCUT2D eigenvalue weighted by atomic mass is 32.1. The summed E-state index contributed by atoms with van der Waals surface area (Å²) in [5.41, 5.74) is 3.58.